The lowest BCUT2D eigenvalue weighted by Crippen LogP contribution is -2.69. The molecule has 2 atom stereocenters. The van der Waals surface area contributed by atoms with Crippen molar-refractivity contribution in [3.63, 3.8) is 0 Å². The number of β-lactam (4-membered cyclic amide) rings is 1. The number of piperazine rings is 2. The maximum atomic E-state index is 12.8. The normalized spacial score (nSPS) is 20.2. The van der Waals surface area contributed by atoms with Crippen molar-refractivity contribution >= 4 is 47.1 Å². The third-order valence-corrected chi connectivity index (χ3v) is 7.34. The van der Waals surface area contributed by atoms with Gasteiger partial charge in [0.05, 0.1) is 11.7 Å². The second-order valence-corrected chi connectivity index (χ2v) is 13.5. The Morgan fingerprint density at radius 2 is 1.26 bits per heavy atom. The number of aliphatic carboxylic acids is 1. The van der Waals surface area contributed by atoms with Crippen molar-refractivity contribution < 1.29 is 43.3 Å². The van der Waals surface area contributed by atoms with E-state index < -0.39 is 52.5 Å². The second-order valence-electron chi connectivity index (χ2n) is 13.1. The molecule has 0 aromatic rings. The number of halogens is 1. The SMILES string of the molecule is C=C(N)NCCC[C@H]1C(=O)N(C(=O)N2CCN(C(=O)OC(C)(C)C)CC2)C1C(=O)O.CC(C)(C)OC(=O)N1CCN(C(=O)Cl)CC1. The van der Waals surface area contributed by atoms with Crippen LogP contribution in [0.4, 0.5) is 19.2 Å². The first-order valence-corrected chi connectivity index (χ1v) is 15.5. The van der Waals surface area contributed by atoms with Crippen molar-refractivity contribution in [2.24, 2.45) is 11.7 Å². The van der Waals surface area contributed by atoms with Crippen molar-refractivity contribution in [1.29, 1.82) is 0 Å². The van der Waals surface area contributed by atoms with Gasteiger partial charge in [-0.15, -0.1) is 0 Å². The number of imide groups is 1. The molecule has 0 aromatic heterocycles. The monoisotopic (exact) mass is 673 g/mol. The Morgan fingerprint density at radius 1 is 0.848 bits per heavy atom. The average molecular weight is 674 g/mol. The highest BCUT2D eigenvalue weighted by Gasteiger charge is 2.55. The van der Waals surface area contributed by atoms with Gasteiger partial charge < -0.3 is 45.2 Å². The van der Waals surface area contributed by atoms with Gasteiger partial charge in [-0.05, 0) is 66.0 Å². The zero-order valence-electron chi connectivity index (χ0n) is 27.5. The fraction of sp³-hybridized carbons (Fsp3) is 0.724. The molecular weight excluding hydrogens is 626 g/mol. The van der Waals surface area contributed by atoms with E-state index in [1.165, 1.54) is 14.7 Å². The number of hydrogen-bond donors (Lipinski definition) is 3. The smallest absolute Gasteiger partial charge is 0.410 e. The maximum absolute atomic E-state index is 12.8. The molecule has 0 spiro atoms. The molecule has 3 fully saturated rings. The van der Waals surface area contributed by atoms with Crippen LogP contribution < -0.4 is 11.1 Å². The summed E-state index contributed by atoms with van der Waals surface area (Å²) in [5.74, 6) is -2.15. The molecule has 1 unspecified atom stereocenters. The third kappa shape index (κ3) is 11.4. The van der Waals surface area contributed by atoms with Crippen LogP contribution in [0.25, 0.3) is 0 Å². The first-order valence-electron chi connectivity index (χ1n) is 15.1. The molecule has 3 heterocycles. The number of rotatable bonds is 6. The van der Waals surface area contributed by atoms with Crippen LogP contribution in [0, 0.1) is 5.92 Å². The molecule has 0 aromatic carbocycles. The molecule has 3 aliphatic heterocycles. The maximum Gasteiger partial charge on any atom is 0.410 e. The van der Waals surface area contributed by atoms with Crippen LogP contribution in [0.3, 0.4) is 0 Å². The van der Waals surface area contributed by atoms with E-state index in [0.29, 0.717) is 51.4 Å². The molecular formula is C29H48ClN7O9. The van der Waals surface area contributed by atoms with Crippen molar-refractivity contribution in [2.75, 3.05) is 58.9 Å². The van der Waals surface area contributed by atoms with Gasteiger partial charge in [0.1, 0.15) is 11.2 Å². The van der Waals surface area contributed by atoms with E-state index in [-0.39, 0.29) is 32.3 Å². The topological polar surface area (TPSA) is 195 Å². The van der Waals surface area contributed by atoms with E-state index >= 15 is 0 Å². The van der Waals surface area contributed by atoms with Crippen molar-refractivity contribution in [3.05, 3.63) is 12.4 Å². The van der Waals surface area contributed by atoms with Crippen LogP contribution in [0.1, 0.15) is 54.4 Å². The lowest BCUT2D eigenvalue weighted by molar-refractivity contribution is -0.167. The number of amides is 6. The molecule has 17 heteroatoms. The van der Waals surface area contributed by atoms with Crippen LogP contribution in [0.15, 0.2) is 12.4 Å². The summed E-state index contributed by atoms with van der Waals surface area (Å²) < 4.78 is 10.5. The number of ether oxygens (including phenoxy) is 2. The van der Waals surface area contributed by atoms with Gasteiger partial charge in [-0.25, -0.2) is 24.1 Å². The number of carboxylic acid groups (broad SMARTS) is 1. The molecule has 260 valence electrons. The van der Waals surface area contributed by atoms with E-state index in [1.54, 1.807) is 25.7 Å². The van der Waals surface area contributed by atoms with Gasteiger partial charge >= 0.3 is 29.6 Å². The van der Waals surface area contributed by atoms with Crippen LogP contribution in [0.5, 0.6) is 0 Å². The molecule has 6 amide bonds. The predicted octanol–water partition coefficient (Wildman–Crippen LogP) is 2.27. The lowest BCUT2D eigenvalue weighted by Gasteiger charge is -2.46. The standard InChI is InChI=1S/C19H31N5O6.C10H17ClN2O3/c1-12(20)21-7-5-6-13-14(16(26)27)24(15(13)25)17(28)22-8-10-23(11-9-22)18(29)30-19(2,3)4;1-10(2,3)16-9(15)13-6-4-12(5-7-13)8(11)14/h13-14,21H,1,5-11,20H2,2-4H3,(H,26,27);4-7H2,1-3H3/t13-,14?;/m1./s1. The summed E-state index contributed by atoms with van der Waals surface area (Å²) in [6.07, 6.45) is 0.0419. The molecule has 3 rings (SSSR count). The zero-order chi connectivity index (χ0) is 35.0. The van der Waals surface area contributed by atoms with Crippen molar-refractivity contribution in [3.8, 4) is 0 Å². The van der Waals surface area contributed by atoms with Gasteiger partial charge in [0, 0.05) is 58.9 Å². The van der Waals surface area contributed by atoms with Gasteiger partial charge in [0.25, 0.3) is 0 Å². The zero-order valence-corrected chi connectivity index (χ0v) is 28.3. The first-order chi connectivity index (χ1) is 21.2. The number of carbonyl (C=O) groups is 6. The van der Waals surface area contributed by atoms with Crippen molar-refractivity contribution in [2.45, 2.75) is 71.6 Å². The Balaban J connectivity index is 0.000000387. The molecule has 0 bridgehead atoms. The van der Waals surface area contributed by atoms with Gasteiger partial charge in [-0.1, -0.05) is 6.58 Å². The summed E-state index contributed by atoms with van der Waals surface area (Å²) in [6, 6.07) is -1.82. The summed E-state index contributed by atoms with van der Waals surface area (Å²) in [4.78, 5) is 78.4. The van der Waals surface area contributed by atoms with E-state index in [9.17, 15) is 33.9 Å². The minimum atomic E-state index is -1.21. The number of urea groups is 1. The number of carbonyl (C=O) groups excluding carboxylic acids is 5. The summed E-state index contributed by atoms with van der Waals surface area (Å²) in [5, 5.41) is 11.9. The molecule has 46 heavy (non-hydrogen) atoms. The molecule has 16 nitrogen and oxygen atoms in total. The number of nitrogens with zero attached hydrogens (tertiary/aromatic N) is 5. The van der Waals surface area contributed by atoms with Crippen LogP contribution in [0.2, 0.25) is 0 Å². The minimum absolute atomic E-state index is 0.196. The van der Waals surface area contributed by atoms with E-state index in [0.717, 1.165) is 4.90 Å². The molecule has 0 radical (unpaired) electrons. The molecule has 3 aliphatic rings. The van der Waals surface area contributed by atoms with Gasteiger partial charge in [-0.2, -0.15) is 0 Å². The Morgan fingerprint density at radius 3 is 1.63 bits per heavy atom. The van der Waals surface area contributed by atoms with Crippen LogP contribution in [-0.2, 0) is 19.1 Å². The third-order valence-electron chi connectivity index (χ3n) is 7.10. The highest BCUT2D eigenvalue weighted by molar-refractivity contribution is 6.62. The number of carboxylic acids is 1. The highest BCUT2D eigenvalue weighted by atomic mass is 35.5. The fourth-order valence-electron chi connectivity index (χ4n) is 4.85. The highest BCUT2D eigenvalue weighted by Crippen LogP contribution is 2.32. The Kier molecular flexibility index (Phi) is 13.3. The first kappa shape index (κ1) is 38.2. The number of nitrogens with two attached hydrogens (primary N) is 1. The average Bonchev–Trinajstić information content (AvgIpc) is 2.93. The van der Waals surface area contributed by atoms with E-state index in [4.69, 9.17) is 26.8 Å². The van der Waals surface area contributed by atoms with Gasteiger partial charge in [-0.3, -0.25) is 9.59 Å². The van der Waals surface area contributed by atoms with E-state index in [1.807, 2.05) is 20.8 Å². The molecule has 4 N–H and O–H groups in total. The molecule has 0 saturated carbocycles. The largest absolute Gasteiger partial charge is 0.480 e. The molecule has 0 aliphatic carbocycles. The quantitative estimate of drug-likeness (QED) is 0.162. The predicted molar refractivity (Wildman–Crippen MR) is 168 cm³/mol. The Labute approximate surface area is 274 Å². The van der Waals surface area contributed by atoms with Gasteiger partial charge in [0.2, 0.25) is 5.91 Å². The fourth-order valence-corrected chi connectivity index (χ4v) is 5.02. The lowest BCUT2D eigenvalue weighted by atomic mass is 9.83. The van der Waals surface area contributed by atoms with Gasteiger partial charge in [0.15, 0.2) is 6.04 Å². The second kappa shape index (κ2) is 16.1. The Hall–Kier alpha value is -3.95. The number of nitrogens with one attached hydrogen (secondary N) is 1. The summed E-state index contributed by atoms with van der Waals surface area (Å²) in [6.45, 7) is 17.5. The summed E-state index contributed by atoms with van der Waals surface area (Å²) in [7, 11) is 0. The van der Waals surface area contributed by atoms with Crippen LogP contribution in [-0.4, -0.2) is 141 Å². The summed E-state index contributed by atoms with van der Waals surface area (Å²) >= 11 is 5.34. The van der Waals surface area contributed by atoms with Crippen LogP contribution >= 0.6 is 11.6 Å². The van der Waals surface area contributed by atoms with Crippen molar-refractivity contribution in [1.82, 2.24) is 29.8 Å². The summed E-state index contributed by atoms with van der Waals surface area (Å²) in [5.41, 5.74) is 4.29. The number of hydrogen-bond acceptors (Lipinski definition) is 10. The minimum Gasteiger partial charge on any atom is -0.480 e. The number of likely N-dealkylation sites (tertiary alicyclic amines) is 1. The Bertz CT molecular complexity index is 1150. The van der Waals surface area contributed by atoms with E-state index in [2.05, 4.69) is 11.9 Å². The molecule has 3 saturated heterocycles.